The molecule has 0 fully saturated rings. The van der Waals surface area contributed by atoms with E-state index in [1.165, 1.54) is 29.5 Å². The molecule has 0 amide bonds. The molecule has 136 valence electrons. The van der Waals surface area contributed by atoms with Gasteiger partial charge in [0.05, 0.1) is 5.69 Å². The molecule has 0 aliphatic heterocycles. The van der Waals surface area contributed by atoms with Gasteiger partial charge >= 0.3 is 0 Å². The normalized spacial score (nSPS) is 10.9. The van der Waals surface area contributed by atoms with Crippen LogP contribution in [0.15, 0.2) is 18.2 Å². The number of hydrogen-bond donors (Lipinski definition) is 0. The van der Waals surface area contributed by atoms with E-state index in [1.54, 1.807) is 0 Å². The molecule has 2 aromatic rings. The molecule has 0 N–H and O–H groups in total. The number of carbonyl (C=O) groups excluding carboxylic acids is 1. The Bertz CT molecular complexity index is 711. The summed E-state index contributed by atoms with van der Waals surface area (Å²) in [6.45, 7) is 10.2. The molecule has 4 nitrogen and oxygen atoms in total. The van der Waals surface area contributed by atoms with E-state index in [2.05, 4.69) is 12.0 Å². The fourth-order valence-corrected chi connectivity index (χ4v) is 3.23. The number of benzene rings is 1. The third kappa shape index (κ3) is 4.71. The lowest BCUT2D eigenvalue weighted by atomic mass is 10.0. The van der Waals surface area contributed by atoms with E-state index in [1.807, 2.05) is 45.9 Å². The standard InChI is InChI=1S/C21H30N2O2/c1-6-7-8-9-13-19-17(4)22-23(18(19)5)20(24)14-25-21-15(2)11-10-12-16(21)3/h10-12H,6-9,13-14H2,1-5H3. The third-order valence-electron chi connectivity index (χ3n) is 4.71. The van der Waals surface area contributed by atoms with Crippen molar-refractivity contribution >= 4 is 5.91 Å². The Morgan fingerprint density at radius 2 is 1.76 bits per heavy atom. The van der Waals surface area contributed by atoms with Gasteiger partial charge in [0, 0.05) is 5.69 Å². The van der Waals surface area contributed by atoms with E-state index >= 15 is 0 Å². The molecule has 0 saturated carbocycles. The van der Waals surface area contributed by atoms with Crippen LogP contribution >= 0.6 is 0 Å². The molecule has 0 radical (unpaired) electrons. The van der Waals surface area contributed by atoms with Crippen molar-refractivity contribution in [1.29, 1.82) is 0 Å². The summed E-state index contributed by atoms with van der Waals surface area (Å²) in [5.74, 6) is 0.667. The van der Waals surface area contributed by atoms with Gasteiger partial charge in [-0.25, -0.2) is 4.68 Å². The number of nitrogens with zero attached hydrogens (tertiary/aromatic N) is 2. The van der Waals surface area contributed by atoms with Gasteiger partial charge in [0.1, 0.15) is 5.75 Å². The smallest absolute Gasteiger partial charge is 0.284 e. The topological polar surface area (TPSA) is 44.1 Å². The molecular formula is C21H30N2O2. The molecule has 0 saturated heterocycles. The summed E-state index contributed by atoms with van der Waals surface area (Å²) in [6.07, 6.45) is 5.85. The number of unbranched alkanes of at least 4 members (excludes halogenated alkanes) is 3. The molecule has 0 atom stereocenters. The highest BCUT2D eigenvalue weighted by Gasteiger charge is 2.17. The van der Waals surface area contributed by atoms with Gasteiger partial charge in [-0.2, -0.15) is 5.10 Å². The zero-order chi connectivity index (χ0) is 18.4. The first-order valence-corrected chi connectivity index (χ1v) is 9.23. The van der Waals surface area contributed by atoms with Gasteiger partial charge in [0.15, 0.2) is 6.61 Å². The van der Waals surface area contributed by atoms with Crippen molar-refractivity contribution in [2.45, 2.75) is 66.7 Å². The molecule has 4 heteroatoms. The zero-order valence-electron chi connectivity index (χ0n) is 16.2. The summed E-state index contributed by atoms with van der Waals surface area (Å²) in [7, 11) is 0. The Balaban J connectivity index is 2.04. The molecular weight excluding hydrogens is 312 g/mol. The fraction of sp³-hybridized carbons (Fsp3) is 0.524. The van der Waals surface area contributed by atoms with Gasteiger partial charge in [-0.15, -0.1) is 0 Å². The largest absolute Gasteiger partial charge is 0.483 e. The number of ether oxygens (including phenoxy) is 1. The van der Waals surface area contributed by atoms with Crippen LogP contribution in [0.1, 0.15) is 65.5 Å². The number of carbonyl (C=O) groups is 1. The molecule has 2 rings (SSSR count). The van der Waals surface area contributed by atoms with Gasteiger partial charge in [0.25, 0.3) is 5.91 Å². The minimum atomic E-state index is -0.122. The van der Waals surface area contributed by atoms with Gasteiger partial charge in [-0.1, -0.05) is 44.4 Å². The van der Waals surface area contributed by atoms with E-state index in [9.17, 15) is 4.79 Å². The summed E-state index contributed by atoms with van der Waals surface area (Å²) in [4.78, 5) is 12.6. The third-order valence-corrected chi connectivity index (χ3v) is 4.71. The van der Waals surface area contributed by atoms with Crippen LogP contribution in [-0.2, 0) is 6.42 Å². The lowest BCUT2D eigenvalue weighted by Gasteiger charge is -2.11. The van der Waals surface area contributed by atoms with Crippen molar-refractivity contribution in [3.8, 4) is 5.75 Å². The molecule has 0 aliphatic rings. The second-order valence-electron chi connectivity index (χ2n) is 6.78. The SMILES string of the molecule is CCCCCCc1c(C)nn(C(=O)COc2c(C)cccc2C)c1C. The number of hydrogen-bond acceptors (Lipinski definition) is 3. The van der Waals surface area contributed by atoms with E-state index in [4.69, 9.17) is 4.74 Å². The number of para-hydroxylation sites is 1. The first-order chi connectivity index (χ1) is 12.0. The van der Waals surface area contributed by atoms with Gasteiger partial charge < -0.3 is 4.74 Å². The molecule has 0 unspecified atom stereocenters. The average Bonchev–Trinajstić information content (AvgIpc) is 2.86. The maximum atomic E-state index is 12.6. The van der Waals surface area contributed by atoms with E-state index < -0.39 is 0 Å². The van der Waals surface area contributed by atoms with Crippen molar-refractivity contribution in [2.75, 3.05) is 6.61 Å². The van der Waals surface area contributed by atoms with Crippen LogP contribution in [0.4, 0.5) is 0 Å². The molecule has 0 spiro atoms. The van der Waals surface area contributed by atoms with Crippen LogP contribution < -0.4 is 4.74 Å². The van der Waals surface area contributed by atoms with Crippen LogP contribution in [0.2, 0.25) is 0 Å². The van der Waals surface area contributed by atoms with Crippen molar-refractivity contribution < 1.29 is 9.53 Å². The lowest BCUT2D eigenvalue weighted by Crippen LogP contribution is -2.22. The van der Waals surface area contributed by atoms with Gasteiger partial charge in [-0.05, 0) is 57.2 Å². The van der Waals surface area contributed by atoms with Crippen molar-refractivity contribution in [1.82, 2.24) is 9.78 Å². The fourth-order valence-electron chi connectivity index (χ4n) is 3.23. The number of rotatable bonds is 8. The predicted octanol–water partition coefficient (Wildman–Crippen LogP) is 4.96. The van der Waals surface area contributed by atoms with Crippen LogP contribution in [0.3, 0.4) is 0 Å². The van der Waals surface area contributed by atoms with Crippen LogP contribution in [0.25, 0.3) is 0 Å². The molecule has 25 heavy (non-hydrogen) atoms. The Labute approximate surface area is 151 Å². The second-order valence-corrected chi connectivity index (χ2v) is 6.78. The van der Waals surface area contributed by atoms with E-state index in [0.717, 1.165) is 41.1 Å². The summed E-state index contributed by atoms with van der Waals surface area (Å²) in [6, 6.07) is 5.97. The Morgan fingerprint density at radius 1 is 1.08 bits per heavy atom. The van der Waals surface area contributed by atoms with Crippen LogP contribution in [0, 0.1) is 27.7 Å². The maximum Gasteiger partial charge on any atom is 0.284 e. The van der Waals surface area contributed by atoms with Crippen LogP contribution in [0.5, 0.6) is 5.75 Å². The predicted molar refractivity (Wildman–Crippen MR) is 102 cm³/mol. The summed E-state index contributed by atoms with van der Waals surface area (Å²) in [5.41, 5.74) is 5.19. The second kappa shape index (κ2) is 8.84. The Morgan fingerprint density at radius 3 is 2.40 bits per heavy atom. The van der Waals surface area contributed by atoms with Gasteiger partial charge in [-0.3, -0.25) is 4.79 Å². The average molecular weight is 342 g/mol. The highest BCUT2D eigenvalue weighted by molar-refractivity contribution is 5.80. The maximum absolute atomic E-state index is 12.6. The molecule has 1 aromatic heterocycles. The zero-order valence-corrected chi connectivity index (χ0v) is 16.2. The summed E-state index contributed by atoms with van der Waals surface area (Å²) < 4.78 is 7.30. The number of aryl methyl sites for hydroxylation is 3. The molecule has 1 aromatic carbocycles. The van der Waals surface area contributed by atoms with Crippen molar-refractivity contribution in [3.05, 3.63) is 46.3 Å². The Kier molecular flexibility index (Phi) is 6.80. The lowest BCUT2D eigenvalue weighted by molar-refractivity contribution is 0.0817. The first kappa shape index (κ1) is 19.2. The summed E-state index contributed by atoms with van der Waals surface area (Å²) >= 11 is 0. The first-order valence-electron chi connectivity index (χ1n) is 9.23. The highest BCUT2D eigenvalue weighted by atomic mass is 16.5. The summed E-state index contributed by atoms with van der Waals surface area (Å²) in [5, 5.41) is 4.45. The monoisotopic (exact) mass is 342 g/mol. The van der Waals surface area contributed by atoms with Gasteiger partial charge in [0.2, 0.25) is 0 Å². The number of aromatic nitrogens is 2. The Hall–Kier alpha value is -2.10. The van der Waals surface area contributed by atoms with Crippen LogP contribution in [-0.4, -0.2) is 22.3 Å². The molecule has 0 aliphatic carbocycles. The van der Waals surface area contributed by atoms with E-state index in [0.29, 0.717) is 0 Å². The highest BCUT2D eigenvalue weighted by Crippen LogP contribution is 2.22. The quantitative estimate of drug-likeness (QED) is 0.637. The van der Waals surface area contributed by atoms with Crippen molar-refractivity contribution in [3.63, 3.8) is 0 Å². The minimum Gasteiger partial charge on any atom is -0.483 e. The van der Waals surface area contributed by atoms with E-state index in [-0.39, 0.29) is 12.5 Å². The van der Waals surface area contributed by atoms with Crippen molar-refractivity contribution in [2.24, 2.45) is 0 Å². The molecule has 0 bridgehead atoms. The molecule has 1 heterocycles. The minimum absolute atomic E-state index is 0.00290.